The van der Waals surface area contributed by atoms with Gasteiger partial charge in [-0.05, 0) is 44.5 Å². The molecule has 0 bridgehead atoms. The van der Waals surface area contributed by atoms with Crippen molar-refractivity contribution in [1.82, 2.24) is 4.90 Å². The third-order valence-corrected chi connectivity index (χ3v) is 3.11. The zero-order valence-electron chi connectivity index (χ0n) is 12.3. The Balaban J connectivity index is 2.97. The Hall–Kier alpha value is -2.04. The second-order valence-corrected chi connectivity index (χ2v) is 4.92. The number of aryl methyl sites for hydroxylation is 1. The first-order valence-corrected chi connectivity index (χ1v) is 6.54. The van der Waals surface area contributed by atoms with Crippen LogP contribution in [0, 0.1) is 6.92 Å². The molecule has 1 aromatic rings. The molecule has 1 aromatic carbocycles. The highest BCUT2D eigenvalue weighted by Crippen LogP contribution is 2.19. The summed E-state index contributed by atoms with van der Waals surface area (Å²) >= 11 is 0. The van der Waals surface area contributed by atoms with E-state index in [9.17, 15) is 9.59 Å². The molecule has 0 radical (unpaired) electrons. The highest BCUT2D eigenvalue weighted by molar-refractivity contribution is 5.96. The lowest BCUT2D eigenvalue weighted by atomic mass is 10.1. The molecule has 0 fully saturated rings. The number of aliphatic carboxylic acids is 1. The summed E-state index contributed by atoms with van der Waals surface area (Å²) in [4.78, 5) is 24.8. The van der Waals surface area contributed by atoms with Crippen molar-refractivity contribution in [2.24, 2.45) is 0 Å². The number of carboxylic acids is 1. The first-order chi connectivity index (χ1) is 9.36. The first-order valence-electron chi connectivity index (χ1n) is 6.54. The molecule has 20 heavy (non-hydrogen) atoms. The number of methoxy groups -OCH3 is 1. The molecule has 1 rings (SSSR count). The number of carbonyl (C=O) groups excluding carboxylic acids is 1. The van der Waals surface area contributed by atoms with E-state index in [2.05, 4.69) is 0 Å². The molecule has 0 saturated carbocycles. The van der Waals surface area contributed by atoms with Crippen LogP contribution in [-0.4, -0.2) is 41.6 Å². The van der Waals surface area contributed by atoms with Gasteiger partial charge in [-0.3, -0.25) is 9.59 Å². The molecule has 5 nitrogen and oxygen atoms in total. The average Bonchev–Trinajstić information content (AvgIpc) is 2.37. The number of carboxylic acid groups (broad SMARTS) is 1. The topological polar surface area (TPSA) is 66.8 Å². The Bertz CT molecular complexity index is 497. The molecule has 0 unspecified atom stereocenters. The van der Waals surface area contributed by atoms with E-state index < -0.39 is 5.97 Å². The van der Waals surface area contributed by atoms with Gasteiger partial charge in [0.25, 0.3) is 5.91 Å². The summed E-state index contributed by atoms with van der Waals surface area (Å²) in [6, 6.07) is 5.19. The van der Waals surface area contributed by atoms with Gasteiger partial charge in [-0.15, -0.1) is 0 Å². The molecule has 1 amide bonds. The van der Waals surface area contributed by atoms with Crippen LogP contribution in [0.3, 0.4) is 0 Å². The maximum Gasteiger partial charge on any atom is 0.305 e. The number of ether oxygens (including phenoxy) is 1. The van der Waals surface area contributed by atoms with E-state index in [1.54, 1.807) is 30.2 Å². The zero-order valence-corrected chi connectivity index (χ0v) is 12.3. The van der Waals surface area contributed by atoms with Crippen molar-refractivity contribution in [3.8, 4) is 5.75 Å². The first kappa shape index (κ1) is 16.0. The summed E-state index contributed by atoms with van der Waals surface area (Å²) in [6.45, 7) is 5.79. The zero-order chi connectivity index (χ0) is 15.3. The Labute approximate surface area is 119 Å². The molecule has 0 heterocycles. The highest BCUT2D eigenvalue weighted by atomic mass is 16.5. The Kier molecular flexibility index (Phi) is 5.55. The smallest absolute Gasteiger partial charge is 0.305 e. The summed E-state index contributed by atoms with van der Waals surface area (Å²) in [5, 5.41) is 8.76. The van der Waals surface area contributed by atoms with Crippen LogP contribution >= 0.6 is 0 Å². The minimum atomic E-state index is -0.907. The summed E-state index contributed by atoms with van der Waals surface area (Å²) < 4.78 is 5.11. The number of carbonyl (C=O) groups is 2. The molecule has 5 heteroatoms. The lowest BCUT2D eigenvalue weighted by Crippen LogP contribution is -2.38. The molecule has 0 atom stereocenters. The fourth-order valence-electron chi connectivity index (χ4n) is 1.97. The van der Waals surface area contributed by atoms with E-state index in [-0.39, 0.29) is 24.9 Å². The van der Waals surface area contributed by atoms with Crippen LogP contribution in [-0.2, 0) is 4.79 Å². The number of hydrogen-bond acceptors (Lipinski definition) is 3. The predicted octanol–water partition coefficient (Wildman–Crippen LogP) is 2.33. The third kappa shape index (κ3) is 3.98. The molecule has 0 aliphatic heterocycles. The summed E-state index contributed by atoms with van der Waals surface area (Å²) in [5.74, 6) is -0.364. The second kappa shape index (κ2) is 6.93. The Morgan fingerprint density at radius 1 is 1.35 bits per heavy atom. The van der Waals surface area contributed by atoms with E-state index in [1.807, 2.05) is 20.8 Å². The predicted molar refractivity (Wildman–Crippen MR) is 76.2 cm³/mol. The molecular weight excluding hydrogens is 258 g/mol. The maximum absolute atomic E-state index is 12.5. The van der Waals surface area contributed by atoms with Crippen LogP contribution in [0.5, 0.6) is 5.75 Å². The van der Waals surface area contributed by atoms with Gasteiger partial charge in [0.1, 0.15) is 5.75 Å². The van der Waals surface area contributed by atoms with Gasteiger partial charge >= 0.3 is 5.97 Å². The number of benzene rings is 1. The van der Waals surface area contributed by atoms with Crippen LogP contribution in [0.4, 0.5) is 0 Å². The maximum atomic E-state index is 12.5. The third-order valence-electron chi connectivity index (χ3n) is 3.11. The lowest BCUT2D eigenvalue weighted by molar-refractivity contribution is -0.137. The van der Waals surface area contributed by atoms with Crippen molar-refractivity contribution in [2.45, 2.75) is 33.2 Å². The van der Waals surface area contributed by atoms with E-state index in [0.717, 1.165) is 5.56 Å². The molecule has 0 aromatic heterocycles. The van der Waals surface area contributed by atoms with Gasteiger partial charge in [-0.1, -0.05) is 0 Å². The molecule has 0 aliphatic carbocycles. The average molecular weight is 279 g/mol. The molecule has 0 spiro atoms. The van der Waals surface area contributed by atoms with E-state index in [4.69, 9.17) is 9.84 Å². The Morgan fingerprint density at radius 3 is 2.45 bits per heavy atom. The summed E-state index contributed by atoms with van der Waals surface area (Å²) in [6.07, 6.45) is -0.0564. The van der Waals surface area contributed by atoms with E-state index >= 15 is 0 Å². The standard InChI is InChI=1S/C15H21NO4/c1-10(2)16(8-7-14(17)18)15(19)13-6-5-12(20-4)9-11(13)3/h5-6,9-10H,7-8H2,1-4H3,(H,17,18). The normalized spacial score (nSPS) is 10.4. The lowest BCUT2D eigenvalue weighted by Gasteiger charge is -2.27. The van der Waals surface area contributed by atoms with Gasteiger partial charge in [0.05, 0.1) is 13.5 Å². The Morgan fingerprint density at radius 2 is 2.00 bits per heavy atom. The monoisotopic (exact) mass is 279 g/mol. The fourth-order valence-corrected chi connectivity index (χ4v) is 1.97. The van der Waals surface area contributed by atoms with Crippen LogP contribution in [0.25, 0.3) is 0 Å². The number of rotatable bonds is 6. The molecule has 0 aliphatic rings. The molecule has 110 valence electrons. The molecule has 0 saturated heterocycles. The number of hydrogen-bond donors (Lipinski definition) is 1. The van der Waals surface area contributed by atoms with Crippen LogP contribution in [0.15, 0.2) is 18.2 Å². The van der Waals surface area contributed by atoms with Crippen molar-refractivity contribution in [1.29, 1.82) is 0 Å². The largest absolute Gasteiger partial charge is 0.497 e. The summed E-state index contributed by atoms with van der Waals surface area (Å²) in [7, 11) is 1.57. The number of nitrogens with zero attached hydrogens (tertiary/aromatic N) is 1. The minimum absolute atomic E-state index is 0.0525. The van der Waals surface area contributed by atoms with Crippen molar-refractivity contribution in [2.75, 3.05) is 13.7 Å². The van der Waals surface area contributed by atoms with Crippen LogP contribution in [0.1, 0.15) is 36.2 Å². The minimum Gasteiger partial charge on any atom is -0.497 e. The van der Waals surface area contributed by atoms with Crippen molar-refractivity contribution in [3.63, 3.8) is 0 Å². The second-order valence-electron chi connectivity index (χ2n) is 4.92. The van der Waals surface area contributed by atoms with Crippen LogP contribution < -0.4 is 4.74 Å². The van der Waals surface area contributed by atoms with Crippen molar-refractivity contribution < 1.29 is 19.4 Å². The van der Waals surface area contributed by atoms with Gasteiger partial charge < -0.3 is 14.7 Å². The SMILES string of the molecule is COc1ccc(C(=O)N(CCC(=O)O)C(C)C)c(C)c1. The quantitative estimate of drug-likeness (QED) is 0.868. The van der Waals surface area contributed by atoms with Gasteiger partial charge in [-0.25, -0.2) is 0 Å². The van der Waals surface area contributed by atoms with Crippen molar-refractivity contribution in [3.05, 3.63) is 29.3 Å². The van der Waals surface area contributed by atoms with Gasteiger partial charge in [0, 0.05) is 18.2 Å². The van der Waals surface area contributed by atoms with Crippen LogP contribution in [0.2, 0.25) is 0 Å². The fraction of sp³-hybridized carbons (Fsp3) is 0.467. The van der Waals surface area contributed by atoms with Gasteiger partial charge in [-0.2, -0.15) is 0 Å². The van der Waals surface area contributed by atoms with E-state index in [1.165, 1.54) is 0 Å². The summed E-state index contributed by atoms with van der Waals surface area (Å²) in [5.41, 5.74) is 1.39. The molecule has 1 N–H and O–H groups in total. The molecular formula is C15H21NO4. The van der Waals surface area contributed by atoms with Gasteiger partial charge in [0.2, 0.25) is 0 Å². The van der Waals surface area contributed by atoms with Crippen molar-refractivity contribution >= 4 is 11.9 Å². The number of amides is 1. The highest BCUT2D eigenvalue weighted by Gasteiger charge is 2.21. The van der Waals surface area contributed by atoms with E-state index in [0.29, 0.717) is 11.3 Å². The van der Waals surface area contributed by atoms with Gasteiger partial charge in [0.15, 0.2) is 0 Å².